The number of halogens is 1. The number of carbonyl (C=O) groups is 1. The third-order valence-corrected chi connectivity index (χ3v) is 3.96. The van der Waals surface area contributed by atoms with Gasteiger partial charge in [0, 0.05) is 13.0 Å². The van der Waals surface area contributed by atoms with Gasteiger partial charge >= 0.3 is 0 Å². The van der Waals surface area contributed by atoms with Crippen molar-refractivity contribution < 1.29 is 18.3 Å². The standard InChI is InChI=1S/C19H17FN4O3/c20-12-5-6-13-15(9-12)23-17(22-13)10-26-11-18(25)21-8-7-19-24-14-3-1-2-4-16(14)27-19/h1-6,9H,7-8,10-11H2,(H,21,25)(H,22,23). The van der Waals surface area contributed by atoms with E-state index in [1.54, 1.807) is 6.07 Å². The Kier molecular flexibility index (Phi) is 4.80. The molecule has 0 unspecified atom stereocenters. The van der Waals surface area contributed by atoms with Gasteiger partial charge in [-0.25, -0.2) is 14.4 Å². The van der Waals surface area contributed by atoms with Gasteiger partial charge in [0.2, 0.25) is 5.91 Å². The second-order valence-electron chi connectivity index (χ2n) is 6.01. The van der Waals surface area contributed by atoms with Gasteiger partial charge in [-0.1, -0.05) is 12.1 Å². The average molecular weight is 368 g/mol. The van der Waals surface area contributed by atoms with Gasteiger partial charge in [-0.3, -0.25) is 4.79 Å². The molecule has 2 heterocycles. The zero-order valence-corrected chi connectivity index (χ0v) is 14.4. The molecule has 27 heavy (non-hydrogen) atoms. The Morgan fingerprint density at radius 1 is 1.19 bits per heavy atom. The molecule has 0 bridgehead atoms. The highest BCUT2D eigenvalue weighted by molar-refractivity contribution is 5.77. The van der Waals surface area contributed by atoms with E-state index in [1.807, 2.05) is 24.3 Å². The number of hydrogen-bond acceptors (Lipinski definition) is 5. The third kappa shape index (κ3) is 4.12. The van der Waals surface area contributed by atoms with Crippen molar-refractivity contribution >= 4 is 28.0 Å². The van der Waals surface area contributed by atoms with Crippen molar-refractivity contribution in [2.75, 3.05) is 13.2 Å². The zero-order valence-electron chi connectivity index (χ0n) is 14.4. The number of rotatable bonds is 7. The Bertz CT molecular complexity index is 1060. The lowest BCUT2D eigenvalue weighted by Crippen LogP contribution is -2.29. The number of hydrogen-bond donors (Lipinski definition) is 2. The molecule has 2 aromatic heterocycles. The molecule has 2 N–H and O–H groups in total. The maximum absolute atomic E-state index is 13.2. The van der Waals surface area contributed by atoms with Gasteiger partial charge in [0.25, 0.3) is 0 Å². The SMILES string of the molecule is O=C(COCc1nc2ccc(F)cc2[nH]1)NCCc1nc2ccccc2o1. The summed E-state index contributed by atoms with van der Waals surface area (Å²) in [6, 6.07) is 11.8. The molecule has 1 amide bonds. The molecular formula is C19H17FN4O3. The van der Waals surface area contributed by atoms with Crippen LogP contribution in [0.2, 0.25) is 0 Å². The Morgan fingerprint density at radius 3 is 2.96 bits per heavy atom. The van der Waals surface area contributed by atoms with Gasteiger partial charge in [0.1, 0.15) is 30.4 Å². The summed E-state index contributed by atoms with van der Waals surface area (Å²) in [6.07, 6.45) is 0.496. The molecule has 0 saturated heterocycles. The number of imidazole rings is 1. The molecule has 0 saturated carbocycles. The number of amides is 1. The Balaban J connectivity index is 1.21. The predicted molar refractivity (Wildman–Crippen MR) is 96.4 cm³/mol. The van der Waals surface area contributed by atoms with E-state index in [0.29, 0.717) is 35.7 Å². The van der Waals surface area contributed by atoms with E-state index in [2.05, 4.69) is 20.3 Å². The molecule has 0 aliphatic rings. The van der Waals surface area contributed by atoms with Crippen LogP contribution in [0.5, 0.6) is 0 Å². The molecule has 2 aromatic carbocycles. The zero-order chi connectivity index (χ0) is 18.6. The van der Waals surface area contributed by atoms with Crippen LogP contribution >= 0.6 is 0 Å². The van der Waals surface area contributed by atoms with Gasteiger partial charge in [-0.15, -0.1) is 0 Å². The fraction of sp³-hybridized carbons (Fsp3) is 0.211. The number of para-hydroxylation sites is 2. The minimum atomic E-state index is -0.336. The lowest BCUT2D eigenvalue weighted by molar-refractivity contribution is -0.126. The lowest BCUT2D eigenvalue weighted by atomic mass is 10.3. The van der Waals surface area contributed by atoms with Gasteiger partial charge in [0.15, 0.2) is 11.5 Å². The average Bonchev–Trinajstić information content (AvgIpc) is 3.24. The minimum Gasteiger partial charge on any atom is -0.441 e. The van der Waals surface area contributed by atoms with Crippen LogP contribution in [0.15, 0.2) is 46.9 Å². The Labute approximate surface area is 153 Å². The molecule has 4 aromatic rings. The first-order valence-electron chi connectivity index (χ1n) is 8.50. The molecule has 138 valence electrons. The number of aromatic nitrogens is 3. The summed E-state index contributed by atoms with van der Waals surface area (Å²) >= 11 is 0. The van der Waals surface area contributed by atoms with Crippen molar-refractivity contribution in [3.8, 4) is 0 Å². The molecule has 0 fully saturated rings. The van der Waals surface area contributed by atoms with Gasteiger partial charge < -0.3 is 19.5 Å². The van der Waals surface area contributed by atoms with Gasteiger partial charge in [0.05, 0.1) is 11.0 Å². The van der Waals surface area contributed by atoms with Crippen molar-refractivity contribution in [2.24, 2.45) is 0 Å². The molecule has 8 heteroatoms. The van der Waals surface area contributed by atoms with Gasteiger partial charge in [-0.2, -0.15) is 0 Å². The summed E-state index contributed by atoms with van der Waals surface area (Å²) < 4.78 is 24.1. The molecule has 0 radical (unpaired) electrons. The molecule has 4 rings (SSSR count). The van der Waals surface area contributed by atoms with Crippen molar-refractivity contribution in [3.63, 3.8) is 0 Å². The lowest BCUT2D eigenvalue weighted by Gasteiger charge is -2.04. The van der Waals surface area contributed by atoms with Crippen LogP contribution in [0.4, 0.5) is 4.39 Å². The van der Waals surface area contributed by atoms with E-state index in [9.17, 15) is 9.18 Å². The molecule has 0 aliphatic heterocycles. The third-order valence-electron chi connectivity index (χ3n) is 3.96. The van der Waals surface area contributed by atoms with E-state index in [4.69, 9.17) is 9.15 Å². The summed E-state index contributed by atoms with van der Waals surface area (Å²) in [5.74, 6) is 0.534. The van der Waals surface area contributed by atoms with Crippen LogP contribution in [0.25, 0.3) is 22.1 Å². The van der Waals surface area contributed by atoms with Gasteiger partial charge in [-0.05, 0) is 30.3 Å². The Morgan fingerprint density at radius 2 is 2.07 bits per heavy atom. The summed E-state index contributed by atoms with van der Waals surface area (Å²) in [5.41, 5.74) is 2.77. The van der Waals surface area contributed by atoms with Crippen molar-refractivity contribution in [3.05, 3.63) is 60.0 Å². The van der Waals surface area contributed by atoms with Crippen molar-refractivity contribution in [1.29, 1.82) is 0 Å². The van der Waals surface area contributed by atoms with Crippen LogP contribution in [0.3, 0.4) is 0 Å². The van der Waals surface area contributed by atoms with E-state index < -0.39 is 0 Å². The second kappa shape index (κ2) is 7.55. The monoisotopic (exact) mass is 368 g/mol. The quantitative estimate of drug-likeness (QED) is 0.523. The number of H-pyrrole nitrogens is 1. The number of oxazole rings is 1. The summed E-state index contributed by atoms with van der Waals surface area (Å²) in [7, 11) is 0. The first kappa shape index (κ1) is 17.2. The number of ether oxygens (including phenoxy) is 1. The number of benzene rings is 2. The summed E-state index contributed by atoms with van der Waals surface area (Å²) in [5, 5.41) is 2.75. The fourth-order valence-corrected chi connectivity index (χ4v) is 2.73. The first-order valence-corrected chi connectivity index (χ1v) is 8.50. The van der Waals surface area contributed by atoms with Crippen LogP contribution < -0.4 is 5.32 Å². The highest BCUT2D eigenvalue weighted by Gasteiger charge is 2.08. The highest BCUT2D eigenvalue weighted by atomic mass is 19.1. The maximum Gasteiger partial charge on any atom is 0.246 e. The molecule has 0 atom stereocenters. The molecule has 0 aliphatic carbocycles. The number of carbonyl (C=O) groups excluding carboxylic acids is 1. The predicted octanol–water partition coefficient (Wildman–Crippen LogP) is 2.72. The number of aromatic amines is 1. The minimum absolute atomic E-state index is 0.0982. The Hall–Kier alpha value is -3.26. The van der Waals surface area contributed by atoms with E-state index in [1.165, 1.54) is 12.1 Å². The fourth-order valence-electron chi connectivity index (χ4n) is 2.73. The first-order chi connectivity index (χ1) is 13.2. The summed E-state index contributed by atoms with van der Waals surface area (Å²) in [4.78, 5) is 23.4. The van der Waals surface area contributed by atoms with Crippen LogP contribution in [0.1, 0.15) is 11.7 Å². The van der Waals surface area contributed by atoms with Crippen LogP contribution in [-0.2, 0) is 22.6 Å². The molecular weight excluding hydrogens is 351 g/mol. The number of nitrogens with zero attached hydrogens (tertiary/aromatic N) is 2. The van der Waals surface area contributed by atoms with E-state index in [-0.39, 0.29) is 24.9 Å². The largest absolute Gasteiger partial charge is 0.441 e. The topological polar surface area (TPSA) is 93.0 Å². The smallest absolute Gasteiger partial charge is 0.246 e. The number of fused-ring (bicyclic) bond motifs is 2. The molecule has 0 spiro atoms. The number of nitrogens with one attached hydrogen (secondary N) is 2. The second-order valence-corrected chi connectivity index (χ2v) is 6.01. The van der Waals surface area contributed by atoms with Crippen LogP contribution in [-0.4, -0.2) is 34.0 Å². The normalized spacial score (nSPS) is 11.3. The van der Waals surface area contributed by atoms with Crippen LogP contribution in [0, 0.1) is 5.82 Å². The van der Waals surface area contributed by atoms with E-state index >= 15 is 0 Å². The van der Waals surface area contributed by atoms with E-state index in [0.717, 1.165) is 11.1 Å². The summed E-state index contributed by atoms with van der Waals surface area (Å²) in [6.45, 7) is 0.437. The van der Waals surface area contributed by atoms with Crippen molar-refractivity contribution in [2.45, 2.75) is 13.0 Å². The highest BCUT2D eigenvalue weighted by Crippen LogP contribution is 2.15. The molecule has 7 nitrogen and oxygen atoms in total. The maximum atomic E-state index is 13.2. The van der Waals surface area contributed by atoms with Crippen molar-refractivity contribution in [1.82, 2.24) is 20.3 Å².